The second-order valence-corrected chi connectivity index (χ2v) is 25.8. The Morgan fingerprint density at radius 1 is 0.296 bits per heavy atom. The van der Waals surface area contributed by atoms with E-state index in [0.29, 0.717) is 19.4 Å². The molecule has 0 spiro atoms. The minimum Gasteiger partial charge on any atom is -0.333 e. The molecule has 0 saturated heterocycles. The number of aryl methyl sites for hydroxylation is 4. The van der Waals surface area contributed by atoms with Gasteiger partial charge in [0.2, 0.25) is 0 Å². The van der Waals surface area contributed by atoms with Gasteiger partial charge in [-0.1, -0.05) is 496 Å². The third-order valence-corrected chi connectivity index (χ3v) is 15.1. The first-order valence-corrected chi connectivity index (χ1v) is 47.0. The molecule has 742 valence electrons. The molecule has 12 rings (SSSR count). The number of carbonyl (C=O) groups is 4. The Balaban J connectivity index is -0.000000121. The van der Waals surface area contributed by atoms with Crippen LogP contribution in [0.25, 0.3) is 18.2 Å². The Kier molecular flexibility index (Phi) is 143. The number of nitro groups is 4. The monoisotopic (exact) mass is 1880 g/mol. The Hall–Kier alpha value is -13.5. The van der Waals surface area contributed by atoms with Gasteiger partial charge in [0.25, 0.3) is 0 Å². The van der Waals surface area contributed by atoms with Crippen LogP contribution in [0.2, 0.25) is 0 Å². The molecule has 0 aliphatic carbocycles. The number of nitrogens with zero attached hydrogens (tertiary/aromatic N) is 4. The summed E-state index contributed by atoms with van der Waals surface area (Å²) < 4.78 is 21.2. The molecule has 0 amide bonds. The third-order valence-electron chi connectivity index (χ3n) is 13.1. The molecule has 0 bridgehead atoms. The van der Waals surface area contributed by atoms with Crippen LogP contribution in [0.4, 0.5) is 0 Å². The molecule has 22 heteroatoms. The second kappa shape index (κ2) is 131. The van der Waals surface area contributed by atoms with Gasteiger partial charge in [-0.15, -0.1) is 0 Å². The van der Waals surface area contributed by atoms with Gasteiger partial charge in [0, 0.05) is 31.4 Å². The first kappa shape index (κ1) is 147. The standard InChI is InChI=1S/C15H12O.C15H16.C14H14.C14H12.C6H15O3P.4C6H6.C3H6O.2C2H4O.6C2H6.4CH3NO2.2CH5N/c16-15(14-9-5-2-6-10-14)12-11-13-7-3-1-4-8-13;1-3-8-14(9-4-1)12-7-13-15-10-5-2-6-11-15;2*1-3-7-13(8-4-1)11-12-14-9-5-2-6-10-14;1-4-8-10(7,6-3)9-5-2;4*1-2-4-6-5-3-1;1-3(2)4;2*1-2-3;6*1-2;4*1-2(3)4;2*1-2/h1-12H;1-6,8-11H,7,12-13H2;1-10H,11-12H2;1-12H;4-6H2,1-3H3;4*1-6H;1-2H3;2*2H,1H3;6*1-2H3;4*1H3;2*2H2,1H3. The van der Waals surface area contributed by atoms with Gasteiger partial charge < -0.3 is 34.9 Å². The molecule has 0 fully saturated rings. The summed E-state index contributed by atoms with van der Waals surface area (Å²) in [5.41, 5.74) is 18.9. The van der Waals surface area contributed by atoms with E-state index in [4.69, 9.17) is 59.1 Å². The largest absolute Gasteiger partial charge is 0.333 e. The predicted octanol–water partition coefficient (Wildman–Crippen LogP) is 29.7. The molecule has 12 aromatic rings. The van der Waals surface area contributed by atoms with E-state index in [1.54, 1.807) is 26.8 Å². The summed E-state index contributed by atoms with van der Waals surface area (Å²) in [4.78, 5) is 72.0. The Labute approximate surface area is 813 Å². The molecule has 12 aromatic carbocycles. The minimum absolute atomic E-state index is 0.0319. The molecule has 21 nitrogen and oxygen atoms in total. The molecule has 0 aliphatic heterocycles. The predicted molar refractivity (Wildman–Crippen MR) is 580 cm³/mol. The summed E-state index contributed by atoms with van der Waals surface area (Å²) in [6, 6.07) is 130. The second-order valence-electron chi connectivity index (χ2n) is 23.4. The summed E-state index contributed by atoms with van der Waals surface area (Å²) in [5, 5.41) is 35.2. The van der Waals surface area contributed by atoms with E-state index in [1.165, 1.54) is 94.4 Å². The van der Waals surface area contributed by atoms with Crippen molar-refractivity contribution in [1.82, 2.24) is 0 Å². The first-order valence-electron chi connectivity index (χ1n) is 45.3. The van der Waals surface area contributed by atoms with Crippen LogP contribution < -0.4 is 11.5 Å². The lowest BCUT2D eigenvalue weighted by molar-refractivity contribution is -0.445. The van der Waals surface area contributed by atoms with Gasteiger partial charge in [-0.3, -0.25) is 49.8 Å². The van der Waals surface area contributed by atoms with Crippen LogP contribution >= 0.6 is 7.60 Å². The van der Waals surface area contributed by atoms with Crippen LogP contribution in [0.1, 0.15) is 187 Å². The smallest absolute Gasteiger partial charge is 0.330 e. The summed E-state index contributed by atoms with van der Waals surface area (Å²) in [7, 11) is 3.86. The lowest BCUT2D eigenvalue weighted by atomic mass is 10.0. The number of nitrogens with two attached hydrogens (primary N) is 2. The fraction of sp³-hybridized carbons (Fsp3) is 0.292. The van der Waals surface area contributed by atoms with Crippen LogP contribution in [0, 0.1) is 40.5 Å². The molecule has 0 saturated carbocycles. The quantitative estimate of drug-likeness (QED) is 0.0163. The lowest BCUT2D eigenvalue weighted by Gasteiger charge is -2.13. The summed E-state index contributed by atoms with van der Waals surface area (Å²) in [6.07, 6.45) is 15.5. The van der Waals surface area contributed by atoms with E-state index in [-0.39, 0.29) is 11.6 Å². The summed E-state index contributed by atoms with van der Waals surface area (Å²) in [5.74, 6) is 0.199. The van der Waals surface area contributed by atoms with Gasteiger partial charge in [0.05, 0.1) is 13.2 Å². The number of carbonyl (C=O) groups excluding carboxylic acids is 4. The Morgan fingerprint density at radius 2 is 0.437 bits per heavy atom. The maximum atomic E-state index is 11.7. The van der Waals surface area contributed by atoms with Gasteiger partial charge in [0.1, 0.15) is 18.4 Å². The number of ketones is 2. The summed E-state index contributed by atoms with van der Waals surface area (Å²) >= 11 is 0. The molecule has 0 aromatic heterocycles. The fourth-order valence-corrected chi connectivity index (χ4v) is 9.50. The number of benzene rings is 12. The van der Waals surface area contributed by atoms with Crippen LogP contribution in [0.3, 0.4) is 0 Å². The van der Waals surface area contributed by atoms with Gasteiger partial charge in [-0.2, -0.15) is 0 Å². The van der Waals surface area contributed by atoms with E-state index in [2.05, 4.69) is 169 Å². The van der Waals surface area contributed by atoms with Crippen LogP contribution in [0.5, 0.6) is 0 Å². The first-order chi connectivity index (χ1) is 65.4. The molecular weight excluding hydrogens is 1710 g/mol. The molecule has 0 aliphatic rings. The topological polar surface area (TPSA) is 328 Å². The molecule has 4 N–H and O–H groups in total. The highest BCUT2D eigenvalue weighted by atomic mass is 31.2. The molecule has 135 heavy (non-hydrogen) atoms. The van der Waals surface area contributed by atoms with Crippen molar-refractivity contribution in [1.29, 1.82) is 0 Å². The van der Waals surface area contributed by atoms with Crippen LogP contribution in [0.15, 0.2) is 394 Å². The molecule has 0 unspecified atom stereocenters. The van der Waals surface area contributed by atoms with E-state index < -0.39 is 27.3 Å². The molecular formula is C113H165N6O15P. The maximum Gasteiger partial charge on any atom is 0.330 e. The van der Waals surface area contributed by atoms with Crippen molar-refractivity contribution >= 4 is 50.0 Å². The van der Waals surface area contributed by atoms with Crippen molar-refractivity contribution in [3.8, 4) is 0 Å². The van der Waals surface area contributed by atoms with Gasteiger partial charge in [-0.25, -0.2) is 0 Å². The highest BCUT2D eigenvalue weighted by Gasteiger charge is 2.19. The molecule has 0 heterocycles. The van der Waals surface area contributed by atoms with Gasteiger partial charge in [-0.05, 0) is 133 Å². The van der Waals surface area contributed by atoms with Crippen LogP contribution in [-0.4, -0.2) is 105 Å². The highest BCUT2D eigenvalue weighted by molar-refractivity contribution is 7.53. The minimum atomic E-state index is -2.70. The zero-order valence-electron chi connectivity index (χ0n) is 85.6. The number of hydrogen-bond acceptors (Lipinski definition) is 17. The van der Waals surface area contributed by atoms with E-state index in [0.717, 1.165) is 64.7 Å². The van der Waals surface area contributed by atoms with Crippen molar-refractivity contribution in [2.75, 3.05) is 61.7 Å². The zero-order chi connectivity index (χ0) is 105. The number of hydrogen-bond donors (Lipinski definition) is 2. The van der Waals surface area contributed by atoms with Crippen molar-refractivity contribution in [3.05, 3.63) is 479 Å². The van der Waals surface area contributed by atoms with E-state index in [1.807, 2.05) is 332 Å². The van der Waals surface area contributed by atoms with Crippen molar-refractivity contribution < 1.29 is 52.5 Å². The molecule has 0 radical (unpaired) electrons. The molecule has 0 atom stereocenters. The van der Waals surface area contributed by atoms with Crippen molar-refractivity contribution in [3.63, 3.8) is 0 Å². The average molecular weight is 1880 g/mol. The average Bonchev–Trinajstić information content (AvgIpc) is 0.912. The lowest BCUT2D eigenvalue weighted by Crippen LogP contribution is -1.97. The van der Waals surface area contributed by atoms with Crippen molar-refractivity contribution in [2.45, 2.75) is 164 Å². The number of Topliss-reactive ketones (excluding diaryl/α,β-unsaturated/α-hetero) is 1. The third kappa shape index (κ3) is 139. The van der Waals surface area contributed by atoms with Crippen molar-refractivity contribution in [2.24, 2.45) is 11.5 Å². The van der Waals surface area contributed by atoms with E-state index in [9.17, 15) is 14.2 Å². The number of allylic oxidation sites excluding steroid dienone is 1. The Morgan fingerprint density at radius 3 is 0.600 bits per heavy atom. The van der Waals surface area contributed by atoms with E-state index >= 15 is 0 Å². The SMILES string of the molecule is C(=Cc1ccccc1)c1ccccc1.CC.CC.CC.CC.CC.CC.CC(C)=O.CC=O.CC=O.CCOP(=O)(CC)OCC.CN.CN.C[N+](=O)[O-].C[N+](=O)[O-].C[N+](=O)[O-].C[N+](=O)[O-].O=C(C=Cc1ccccc1)c1ccccc1.c1ccc(CCCc2ccccc2)cc1.c1ccc(CCc2ccccc2)cc1.c1ccccc1.c1ccccc1.c1ccccc1.c1ccccc1. The van der Waals surface area contributed by atoms with Gasteiger partial charge in [0.15, 0.2) is 34.0 Å². The van der Waals surface area contributed by atoms with Gasteiger partial charge >= 0.3 is 7.60 Å². The highest BCUT2D eigenvalue weighted by Crippen LogP contribution is 2.47. The Bertz CT molecular complexity index is 3920. The zero-order valence-corrected chi connectivity index (χ0v) is 86.5. The number of rotatable bonds is 17. The fourth-order valence-electron chi connectivity index (χ4n) is 8.27. The van der Waals surface area contributed by atoms with Crippen LogP contribution in [-0.2, 0) is 53.7 Å². The summed E-state index contributed by atoms with van der Waals surface area (Å²) in [6.45, 7) is 36.3. The maximum absolute atomic E-state index is 11.7. The number of aldehydes is 2. The normalized spacial score (nSPS) is 8.29.